The van der Waals surface area contributed by atoms with E-state index in [1.54, 1.807) is 25.3 Å². The number of nitrogens with two attached hydrogens (primary N) is 1. The highest BCUT2D eigenvalue weighted by Gasteiger charge is 2.18. The lowest BCUT2D eigenvalue weighted by molar-refractivity contribution is -0.676. The molecule has 4 nitrogen and oxygen atoms in total. The second-order valence-corrected chi connectivity index (χ2v) is 6.19. The summed E-state index contributed by atoms with van der Waals surface area (Å²) in [6, 6.07) is 12.5. The van der Waals surface area contributed by atoms with Gasteiger partial charge in [-0.1, -0.05) is 24.3 Å². The van der Waals surface area contributed by atoms with Crippen molar-refractivity contribution in [2.45, 2.75) is 32.1 Å². The molecule has 0 amide bonds. The monoisotopic (exact) mass is 346 g/mol. The molecular formula is C20H25FNO3+. The van der Waals surface area contributed by atoms with Crippen LogP contribution >= 0.6 is 0 Å². The summed E-state index contributed by atoms with van der Waals surface area (Å²) in [5.41, 5.74) is 1.57. The summed E-state index contributed by atoms with van der Waals surface area (Å²) in [6.45, 7) is 2.74. The van der Waals surface area contributed by atoms with Crippen molar-refractivity contribution in [2.75, 3.05) is 20.3 Å². The van der Waals surface area contributed by atoms with Gasteiger partial charge in [0.2, 0.25) is 0 Å². The van der Waals surface area contributed by atoms with Crippen molar-refractivity contribution in [1.82, 2.24) is 0 Å². The lowest BCUT2D eigenvalue weighted by atomic mass is 10.1. The first kappa shape index (κ1) is 17.7. The lowest BCUT2D eigenvalue weighted by Gasteiger charge is -2.15. The first-order valence-corrected chi connectivity index (χ1v) is 8.73. The Labute approximate surface area is 147 Å². The lowest BCUT2D eigenvalue weighted by Crippen LogP contribution is -2.84. The SMILES string of the molecule is COc1cccc(C[NH2+]C[C@H]2CCCO2)c1OCc1ccccc1F. The average Bonchev–Trinajstić information content (AvgIpc) is 3.15. The minimum absolute atomic E-state index is 0.172. The maximum Gasteiger partial charge on any atom is 0.170 e. The number of methoxy groups -OCH3 is 1. The predicted octanol–water partition coefficient (Wildman–Crippen LogP) is 2.66. The molecule has 2 N–H and O–H groups in total. The molecule has 1 aliphatic heterocycles. The molecule has 2 aromatic rings. The predicted molar refractivity (Wildman–Crippen MR) is 93.2 cm³/mol. The fourth-order valence-corrected chi connectivity index (χ4v) is 3.07. The molecule has 0 saturated carbocycles. The largest absolute Gasteiger partial charge is 0.493 e. The zero-order chi connectivity index (χ0) is 17.5. The maximum absolute atomic E-state index is 13.8. The number of hydrogen-bond donors (Lipinski definition) is 1. The first-order valence-electron chi connectivity index (χ1n) is 8.73. The normalized spacial score (nSPS) is 16.8. The van der Waals surface area contributed by atoms with Gasteiger partial charge in [0.1, 0.15) is 31.6 Å². The minimum atomic E-state index is -0.260. The Bertz CT molecular complexity index is 686. The van der Waals surface area contributed by atoms with Gasteiger partial charge in [0.25, 0.3) is 0 Å². The van der Waals surface area contributed by atoms with Gasteiger partial charge in [-0.3, -0.25) is 0 Å². The fourth-order valence-electron chi connectivity index (χ4n) is 3.07. The van der Waals surface area contributed by atoms with Gasteiger partial charge in [-0.25, -0.2) is 4.39 Å². The summed E-state index contributed by atoms with van der Waals surface area (Å²) in [5.74, 6) is 1.08. The summed E-state index contributed by atoms with van der Waals surface area (Å²) in [4.78, 5) is 0. The highest BCUT2D eigenvalue weighted by Crippen LogP contribution is 2.31. The number of para-hydroxylation sites is 1. The Morgan fingerprint density at radius 3 is 2.76 bits per heavy atom. The van der Waals surface area contributed by atoms with Gasteiger partial charge in [0, 0.05) is 12.2 Å². The molecule has 0 radical (unpaired) electrons. The van der Waals surface area contributed by atoms with E-state index >= 15 is 0 Å². The summed E-state index contributed by atoms with van der Waals surface area (Å²) in [6.07, 6.45) is 2.62. The molecular weight excluding hydrogens is 321 g/mol. The third-order valence-corrected chi connectivity index (χ3v) is 4.43. The fraction of sp³-hybridized carbons (Fsp3) is 0.400. The number of hydrogen-bond acceptors (Lipinski definition) is 3. The summed E-state index contributed by atoms with van der Waals surface area (Å²) < 4.78 is 30.8. The van der Waals surface area contributed by atoms with Crippen LogP contribution < -0.4 is 14.8 Å². The van der Waals surface area contributed by atoms with Crippen molar-refractivity contribution in [3.05, 3.63) is 59.4 Å². The van der Waals surface area contributed by atoms with E-state index in [0.29, 0.717) is 23.2 Å². The molecule has 5 heteroatoms. The van der Waals surface area contributed by atoms with Crippen molar-refractivity contribution in [1.29, 1.82) is 0 Å². The van der Waals surface area contributed by atoms with Gasteiger partial charge in [-0.2, -0.15) is 0 Å². The van der Waals surface area contributed by atoms with E-state index in [9.17, 15) is 4.39 Å². The topological polar surface area (TPSA) is 44.3 Å². The van der Waals surface area contributed by atoms with E-state index in [0.717, 1.165) is 38.1 Å². The molecule has 1 fully saturated rings. The number of benzene rings is 2. The first-order chi connectivity index (χ1) is 12.3. The van der Waals surface area contributed by atoms with Gasteiger partial charge >= 0.3 is 0 Å². The van der Waals surface area contributed by atoms with Crippen LogP contribution in [0.5, 0.6) is 11.5 Å². The van der Waals surface area contributed by atoms with Crippen molar-refractivity contribution < 1.29 is 23.9 Å². The van der Waals surface area contributed by atoms with Crippen LogP contribution in [0.4, 0.5) is 4.39 Å². The van der Waals surface area contributed by atoms with Crippen LogP contribution in [0.3, 0.4) is 0 Å². The summed E-state index contributed by atoms with van der Waals surface area (Å²) >= 11 is 0. The summed E-state index contributed by atoms with van der Waals surface area (Å²) in [5, 5.41) is 2.22. The van der Waals surface area contributed by atoms with Crippen molar-refractivity contribution in [3.8, 4) is 11.5 Å². The van der Waals surface area contributed by atoms with Crippen molar-refractivity contribution in [2.24, 2.45) is 0 Å². The smallest absolute Gasteiger partial charge is 0.170 e. The Morgan fingerprint density at radius 2 is 2.00 bits per heavy atom. The van der Waals surface area contributed by atoms with E-state index < -0.39 is 0 Å². The molecule has 1 heterocycles. The third kappa shape index (κ3) is 4.71. The molecule has 0 bridgehead atoms. The second-order valence-electron chi connectivity index (χ2n) is 6.19. The number of ether oxygens (including phenoxy) is 3. The molecule has 0 aromatic heterocycles. The van der Waals surface area contributed by atoms with Gasteiger partial charge in [-0.05, 0) is 31.0 Å². The van der Waals surface area contributed by atoms with E-state index in [1.165, 1.54) is 6.07 Å². The zero-order valence-electron chi connectivity index (χ0n) is 14.5. The molecule has 1 atom stereocenters. The molecule has 25 heavy (non-hydrogen) atoms. The van der Waals surface area contributed by atoms with Gasteiger partial charge in [0.15, 0.2) is 11.5 Å². The summed E-state index contributed by atoms with van der Waals surface area (Å²) in [7, 11) is 1.62. The van der Waals surface area contributed by atoms with Gasteiger partial charge in [0.05, 0.1) is 12.7 Å². The van der Waals surface area contributed by atoms with Crippen LogP contribution in [0.15, 0.2) is 42.5 Å². The standard InChI is InChI=1S/C20H24FNO3/c1-23-19-10-4-7-15(12-22-13-17-8-5-11-24-17)20(19)25-14-16-6-2-3-9-18(16)21/h2-4,6-7,9-10,17,22H,5,8,11-14H2,1H3/p+1/t17-/m1/s1. The van der Waals surface area contributed by atoms with Crippen LogP contribution in [0.2, 0.25) is 0 Å². The van der Waals surface area contributed by atoms with E-state index in [1.807, 2.05) is 18.2 Å². The van der Waals surface area contributed by atoms with Crippen LogP contribution in [0.1, 0.15) is 24.0 Å². The van der Waals surface area contributed by atoms with Crippen LogP contribution in [-0.2, 0) is 17.9 Å². The van der Waals surface area contributed by atoms with E-state index in [2.05, 4.69) is 5.32 Å². The molecule has 1 aliphatic rings. The molecule has 134 valence electrons. The Morgan fingerprint density at radius 1 is 1.16 bits per heavy atom. The van der Waals surface area contributed by atoms with Gasteiger partial charge in [-0.15, -0.1) is 0 Å². The highest BCUT2D eigenvalue weighted by atomic mass is 19.1. The van der Waals surface area contributed by atoms with Crippen molar-refractivity contribution in [3.63, 3.8) is 0 Å². The third-order valence-electron chi connectivity index (χ3n) is 4.43. The van der Waals surface area contributed by atoms with Crippen molar-refractivity contribution >= 4 is 0 Å². The quantitative estimate of drug-likeness (QED) is 0.799. The average molecular weight is 346 g/mol. The van der Waals surface area contributed by atoms with Gasteiger partial charge < -0.3 is 19.5 Å². The molecule has 0 aliphatic carbocycles. The zero-order valence-corrected chi connectivity index (χ0v) is 14.5. The molecule has 0 spiro atoms. The Kier molecular flexibility index (Phi) is 6.25. The van der Waals surface area contributed by atoms with Crippen LogP contribution in [0.25, 0.3) is 0 Å². The second kappa shape index (κ2) is 8.83. The molecule has 2 aromatic carbocycles. The maximum atomic E-state index is 13.8. The Balaban J connectivity index is 1.66. The minimum Gasteiger partial charge on any atom is -0.493 e. The number of rotatable bonds is 8. The molecule has 1 saturated heterocycles. The molecule has 0 unspecified atom stereocenters. The van der Waals surface area contributed by atoms with Crippen LogP contribution in [-0.4, -0.2) is 26.4 Å². The molecule has 3 rings (SSSR count). The highest BCUT2D eigenvalue weighted by molar-refractivity contribution is 5.46. The van der Waals surface area contributed by atoms with E-state index in [4.69, 9.17) is 14.2 Å². The number of quaternary nitrogens is 1. The van der Waals surface area contributed by atoms with E-state index in [-0.39, 0.29) is 12.4 Å². The number of halogens is 1. The van der Waals surface area contributed by atoms with Crippen LogP contribution in [0, 0.1) is 5.82 Å². The Hall–Kier alpha value is -2.11.